The van der Waals surface area contributed by atoms with Gasteiger partial charge in [-0.15, -0.1) is 0 Å². The van der Waals surface area contributed by atoms with Crippen molar-refractivity contribution in [1.29, 1.82) is 0 Å². The van der Waals surface area contributed by atoms with Gasteiger partial charge in [-0.05, 0) is 18.6 Å². The minimum absolute atomic E-state index is 0.0152. The summed E-state index contributed by atoms with van der Waals surface area (Å²) in [7, 11) is 0. The summed E-state index contributed by atoms with van der Waals surface area (Å²) in [6.07, 6.45) is 1.08. The highest BCUT2D eigenvalue weighted by Gasteiger charge is 2.13. The third kappa shape index (κ3) is 4.13. The molecule has 1 aromatic carbocycles. The number of carbonyl (C=O) groups excluding carboxylic acids is 2. The third-order valence-corrected chi connectivity index (χ3v) is 3.13. The summed E-state index contributed by atoms with van der Waals surface area (Å²) in [6, 6.07) is 8.57. The van der Waals surface area contributed by atoms with Crippen LogP contribution in [0.4, 0.5) is 0 Å². The lowest BCUT2D eigenvalue weighted by atomic mass is 10.1. The largest absolute Gasteiger partial charge is 0.505 e. The molecule has 1 aromatic heterocycles. The zero-order valence-electron chi connectivity index (χ0n) is 12.2. The number of carboxylic acids is 1. The van der Waals surface area contributed by atoms with E-state index in [1.807, 2.05) is 0 Å². The number of aromatic nitrogens is 2. The van der Waals surface area contributed by atoms with Gasteiger partial charge in [-0.2, -0.15) is 5.10 Å². The summed E-state index contributed by atoms with van der Waals surface area (Å²) in [5.74, 6) is -3.42. The molecule has 7 nitrogen and oxygen atoms in total. The molecule has 0 fully saturated rings. The van der Waals surface area contributed by atoms with Crippen LogP contribution in [0.2, 0.25) is 0 Å². The van der Waals surface area contributed by atoms with E-state index in [0.717, 1.165) is 5.56 Å². The van der Waals surface area contributed by atoms with Crippen molar-refractivity contribution in [2.24, 2.45) is 0 Å². The molecule has 23 heavy (non-hydrogen) atoms. The van der Waals surface area contributed by atoms with Crippen molar-refractivity contribution in [1.82, 2.24) is 10.2 Å². The molecule has 2 rings (SSSR count). The summed E-state index contributed by atoms with van der Waals surface area (Å²) in [6.45, 7) is 1.49. The predicted octanol–water partition coefficient (Wildman–Crippen LogP) is 1.76. The van der Waals surface area contributed by atoms with Crippen LogP contribution in [0.15, 0.2) is 36.4 Å². The fourth-order valence-electron chi connectivity index (χ4n) is 1.92. The number of Topliss-reactive ketones (excluding diaryl/α,β-unsaturated/α-hetero) is 1. The molecule has 3 N–H and O–H groups in total. The maximum atomic E-state index is 11.2. The number of aliphatic hydroxyl groups excluding tert-OH is 1. The lowest BCUT2D eigenvalue weighted by Gasteiger charge is -2.00. The Balaban J connectivity index is 2.11. The predicted molar refractivity (Wildman–Crippen MR) is 81.1 cm³/mol. The summed E-state index contributed by atoms with van der Waals surface area (Å²) in [5.41, 5.74) is 2.29. The minimum Gasteiger partial charge on any atom is -0.505 e. The van der Waals surface area contributed by atoms with E-state index in [1.165, 1.54) is 13.0 Å². The Morgan fingerprint density at radius 3 is 2.39 bits per heavy atom. The van der Waals surface area contributed by atoms with Crippen molar-refractivity contribution < 1.29 is 24.6 Å². The summed E-state index contributed by atoms with van der Waals surface area (Å²) in [5, 5.41) is 24.7. The van der Waals surface area contributed by atoms with Crippen molar-refractivity contribution >= 4 is 23.3 Å². The van der Waals surface area contributed by atoms with Crippen LogP contribution in [0.1, 0.15) is 34.2 Å². The van der Waals surface area contributed by atoms with Crippen LogP contribution in [-0.2, 0) is 16.0 Å². The molecule has 1 heterocycles. The van der Waals surface area contributed by atoms with Crippen LogP contribution >= 0.6 is 0 Å². The second-order valence-corrected chi connectivity index (χ2v) is 4.91. The first-order valence-electron chi connectivity index (χ1n) is 6.69. The van der Waals surface area contributed by atoms with Gasteiger partial charge in [0.2, 0.25) is 0 Å². The first-order chi connectivity index (χ1) is 10.9. The van der Waals surface area contributed by atoms with Crippen molar-refractivity contribution in [2.45, 2.75) is 13.3 Å². The molecule has 0 bridgehead atoms. The molecule has 0 saturated heterocycles. The van der Waals surface area contributed by atoms with E-state index in [-0.39, 0.29) is 11.5 Å². The van der Waals surface area contributed by atoms with E-state index < -0.39 is 17.5 Å². The Bertz CT molecular complexity index is 787. The molecule has 0 spiro atoms. The number of H-pyrrole nitrogens is 1. The molecule has 0 aliphatic heterocycles. The molecule has 118 valence electrons. The molecule has 2 aromatic rings. The molecule has 0 aliphatic carbocycles. The Morgan fingerprint density at radius 2 is 1.83 bits per heavy atom. The third-order valence-electron chi connectivity index (χ3n) is 3.13. The monoisotopic (exact) mass is 314 g/mol. The van der Waals surface area contributed by atoms with Crippen molar-refractivity contribution in [3.63, 3.8) is 0 Å². The normalized spacial score (nSPS) is 11.3. The van der Waals surface area contributed by atoms with Crippen LogP contribution in [-0.4, -0.2) is 37.9 Å². The number of ketones is 2. The average molecular weight is 314 g/mol. The lowest BCUT2D eigenvalue weighted by molar-refractivity contribution is -0.146. The number of benzene rings is 1. The van der Waals surface area contributed by atoms with Crippen LogP contribution in [0.25, 0.3) is 5.76 Å². The second-order valence-electron chi connectivity index (χ2n) is 4.91. The molecular formula is C16H14N2O5. The highest BCUT2D eigenvalue weighted by Crippen LogP contribution is 2.14. The smallest absolute Gasteiger partial charge is 0.376 e. The van der Waals surface area contributed by atoms with Crippen molar-refractivity contribution in [3.05, 3.63) is 58.9 Å². The number of rotatable bonds is 6. The van der Waals surface area contributed by atoms with E-state index in [9.17, 15) is 19.5 Å². The van der Waals surface area contributed by atoms with E-state index in [4.69, 9.17) is 5.11 Å². The van der Waals surface area contributed by atoms with Gasteiger partial charge in [-0.1, -0.05) is 24.3 Å². The second kappa shape index (κ2) is 6.69. The summed E-state index contributed by atoms with van der Waals surface area (Å²) in [4.78, 5) is 32.7. The van der Waals surface area contributed by atoms with Gasteiger partial charge in [0.1, 0.15) is 11.5 Å². The van der Waals surface area contributed by atoms with Gasteiger partial charge in [-0.3, -0.25) is 14.7 Å². The Labute approximate surface area is 131 Å². The van der Waals surface area contributed by atoms with E-state index >= 15 is 0 Å². The van der Waals surface area contributed by atoms with Gasteiger partial charge < -0.3 is 10.2 Å². The number of aliphatic hydroxyl groups is 1. The SMILES string of the molecule is CC(=O)c1ccc(Cc2cc(C(O)=CC(=O)C(=O)O)n[nH]2)cc1. The lowest BCUT2D eigenvalue weighted by Crippen LogP contribution is -2.09. The quantitative estimate of drug-likeness (QED) is 0.323. The topological polar surface area (TPSA) is 120 Å². The van der Waals surface area contributed by atoms with Crippen LogP contribution < -0.4 is 0 Å². The maximum Gasteiger partial charge on any atom is 0.376 e. The van der Waals surface area contributed by atoms with Crippen LogP contribution in [0, 0.1) is 0 Å². The number of carboxylic acid groups (broad SMARTS) is 1. The molecule has 0 amide bonds. The number of nitrogens with zero attached hydrogens (tertiary/aromatic N) is 1. The molecule has 7 heteroatoms. The first kappa shape index (κ1) is 16.2. The Hall–Kier alpha value is -3.22. The molecular weight excluding hydrogens is 300 g/mol. The van der Waals surface area contributed by atoms with Crippen LogP contribution in [0.3, 0.4) is 0 Å². The van der Waals surface area contributed by atoms with E-state index in [2.05, 4.69) is 10.2 Å². The Morgan fingerprint density at radius 1 is 1.17 bits per heavy atom. The molecule has 0 aliphatic rings. The zero-order chi connectivity index (χ0) is 17.0. The number of carbonyl (C=O) groups is 3. The fraction of sp³-hybridized carbons (Fsp3) is 0.125. The minimum atomic E-state index is -1.65. The van der Waals surface area contributed by atoms with Gasteiger partial charge in [0, 0.05) is 23.8 Å². The van der Waals surface area contributed by atoms with Crippen LogP contribution in [0.5, 0.6) is 0 Å². The number of hydrogen-bond donors (Lipinski definition) is 3. The van der Waals surface area contributed by atoms with E-state index in [0.29, 0.717) is 23.8 Å². The van der Waals surface area contributed by atoms with Gasteiger partial charge in [0.15, 0.2) is 5.78 Å². The van der Waals surface area contributed by atoms with Gasteiger partial charge in [0.05, 0.1) is 0 Å². The maximum absolute atomic E-state index is 11.2. The first-order valence-corrected chi connectivity index (χ1v) is 6.69. The van der Waals surface area contributed by atoms with Gasteiger partial charge in [-0.25, -0.2) is 4.79 Å². The standard InChI is InChI=1S/C16H14N2O5/c1-9(19)11-4-2-10(3-5-11)6-12-7-13(18-17-12)14(20)8-15(21)16(22)23/h2-5,7-8,20H,6H2,1H3,(H,17,18)(H,22,23). The number of nitrogens with one attached hydrogen (secondary N) is 1. The molecule has 0 saturated carbocycles. The Kier molecular flexibility index (Phi) is 4.70. The van der Waals surface area contributed by atoms with Gasteiger partial charge >= 0.3 is 5.97 Å². The highest BCUT2D eigenvalue weighted by molar-refractivity contribution is 6.38. The zero-order valence-corrected chi connectivity index (χ0v) is 12.2. The highest BCUT2D eigenvalue weighted by atomic mass is 16.4. The fourth-order valence-corrected chi connectivity index (χ4v) is 1.92. The van der Waals surface area contributed by atoms with E-state index in [1.54, 1.807) is 24.3 Å². The van der Waals surface area contributed by atoms with Crippen molar-refractivity contribution in [3.8, 4) is 0 Å². The summed E-state index contributed by atoms with van der Waals surface area (Å²) >= 11 is 0. The number of aliphatic carboxylic acids is 1. The number of aromatic amines is 1. The van der Waals surface area contributed by atoms with Gasteiger partial charge in [0.25, 0.3) is 5.78 Å². The summed E-state index contributed by atoms with van der Waals surface area (Å²) < 4.78 is 0. The van der Waals surface area contributed by atoms with Crippen molar-refractivity contribution in [2.75, 3.05) is 0 Å². The average Bonchev–Trinajstić information content (AvgIpc) is 2.96. The molecule has 0 unspecified atom stereocenters. The molecule has 0 atom stereocenters. The molecule has 0 radical (unpaired) electrons. The number of hydrogen-bond acceptors (Lipinski definition) is 5.